The Morgan fingerprint density at radius 1 is 0.731 bits per heavy atom. The van der Waals surface area contributed by atoms with E-state index in [4.69, 9.17) is 11.5 Å². The van der Waals surface area contributed by atoms with Gasteiger partial charge < -0.3 is 11.5 Å². The van der Waals surface area contributed by atoms with Crippen molar-refractivity contribution < 1.29 is 9.59 Å². The monoisotopic (exact) mass is 352 g/mol. The molecule has 138 valence electrons. The SMILES string of the molecule is CCCCC(=O)c1cc(N)ccc1-c1ccc(N)cc1C(=O)CCCC. The number of rotatable bonds is 9. The second-order valence-corrected chi connectivity index (χ2v) is 6.66. The van der Waals surface area contributed by atoms with Gasteiger partial charge in [0.1, 0.15) is 0 Å². The smallest absolute Gasteiger partial charge is 0.163 e. The largest absolute Gasteiger partial charge is 0.399 e. The Hall–Kier alpha value is -2.62. The molecular weight excluding hydrogens is 324 g/mol. The zero-order valence-corrected chi connectivity index (χ0v) is 15.7. The molecule has 0 heterocycles. The van der Waals surface area contributed by atoms with Crippen LogP contribution in [0.1, 0.15) is 73.1 Å². The number of anilines is 2. The van der Waals surface area contributed by atoms with Crippen LogP contribution in [0.3, 0.4) is 0 Å². The van der Waals surface area contributed by atoms with Crippen molar-refractivity contribution in [2.75, 3.05) is 11.5 Å². The molecule has 26 heavy (non-hydrogen) atoms. The molecule has 0 fully saturated rings. The summed E-state index contributed by atoms with van der Waals surface area (Å²) in [7, 11) is 0. The Kier molecular flexibility index (Phi) is 6.96. The van der Waals surface area contributed by atoms with Crippen LogP contribution in [0.25, 0.3) is 11.1 Å². The number of carbonyl (C=O) groups is 2. The van der Waals surface area contributed by atoms with Crippen LogP contribution in [-0.4, -0.2) is 11.6 Å². The third-order valence-electron chi connectivity index (χ3n) is 4.49. The van der Waals surface area contributed by atoms with Crippen LogP contribution < -0.4 is 11.5 Å². The maximum atomic E-state index is 12.7. The average molecular weight is 352 g/mol. The molecule has 0 radical (unpaired) electrons. The van der Waals surface area contributed by atoms with Gasteiger partial charge in [0.05, 0.1) is 0 Å². The van der Waals surface area contributed by atoms with Gasteiger partial charge in [-0.05, 0) is 48.2 Å². The fourth-order valence-electron chi connectivity index (χ4n) is 3.00. The van der Waals surface area contributed by atoms with E-state index in [0.29, 0.717) is 35.3 Å². The van der Waals surface area contributed by atoms with E-state index in [1.807, 2.05) is 12.1 Å². The van der Waals surface area contributed by atoms with E-state index in [1.54, 1.807) is 24.3 Å². The second-order valence-electron chi connectivity index (χ2n) is 6.66. The Balaban J connectivity index is 2.54. The summed E-state index contributed by atoms with van der Waals surface area (Å²) in [6.45, 7) is 4.11. The van der Waals surface area contributed by atoms with Crippen LogP contribution >= 0.6 is 0 Å². The fourth-order valence-corrected chi connectivity index (χ4v) is 3.00. The summed E-state index contributed by atoms with van der Waals surface area (Å²) in [4.78, 5) is 25.4. The van der Waals surface area contributed by atoms with Gasteiger partial charge in [-0.15, -0.1) is 0 Å². The summed E-state index contributed by atoms with van der Waals surface area (Å²) < 4.78 is 0. The first-order valence-electron chi connectivity index (χ1n) is 9.33. The first-order chi connectivity index (χ1) is 12.5. The number of Topliss-reactive ketones (excluding diaryl/α,β-unsaturated/α-hetero) is 2. The molecule has 0 unspecified atom stereocenters. The zero-order valence-electron chi connectivity index (χ0n) is 15.7. The lowest BCUT2D eigenvalue weighted by Gasteiger charge is -2.14. The lowest BCUT2D eigenvalue weighted by atomic mass is 9.89. The van der Waals surface area contributed by atoms with Gasteiger partial charge in [0, 0.05) is 35.3 Å². The highest BCUT2D eigenvalue weighted by Gasteiger charge is 2.18. The minimum absolute atomic E-state index is 0.0536. The molecule has 2 aromatic rings. The molecule has 0 aliphatic heterocycles. The van der Waals surface area contributed by atoms with Gasteiger partial charge in [-0.25, -0.2) is 0 Å². The van der Waals surface area contributed by atoms with Gasteiger partial charge in [0.2, 0.25) is 0 Å². The highest BCUT2D eigenvalue weighted by Crippen LogP contribution is 2.32. The van der Waals surface area contributed by atoms with E-state index in [-0.39, 0.29) is 11.6 Å². The molecule has 4 heteroatoms. The number of carbonyl (C=O) groups excluding carboxylic acids is 2. The molecule has 2 rings (SSSR count). The van der Waals surface area contributed by atoms with Crippen molar-refractivity contribution in [3.05, 3.63) is 47.5 Å². The summed E-state index contributed by atoms with van der Waals surface area (Å²) in [5.74, 6) is 0.107. The van der Waals surface area contributed by atoms with E-state index in [1.165, 1.54) is 0 Å². The maximum absolute atomic E-state index is 12.7. The normalized spacial score (nSPS) is 10.7. The molecule has 0 atom stereocenters. The summed E-state index contributed by atoms with van der Waals surface area (Å²) in [5, 5.41) is 0. The quantitative estimate of drug-likeness (QED) is 0.476. The van der Waals surface area contributed by atoms with Crippen molar-refractivity contribution in [2.24, 2.45) is 0 Å². The third kappa shape index (κ3) is 4.72. The number of benzene rings is 2. The molecule has 0 aliphatic rings. The molecule has 0 amide bonds. The summed E-state index contributed by atoms with van der Waals surface area (Å²) in [5.41, 5.74) is 15.6. The minimum atomic E-state index is 0.0536. The highest BCUT2D eigenvalue weighted by molar-refractivity contribution is 6.08. The van der Waals surface area contributed by atoms with Crippen LogP contribution in [0.15, 0.2) is 36.4 Å². The molecule has 0 saturated heterocycles. The number of ketones is 2. The van der Waals surface area contributed by atoms with Crippen LogP contribution in [0, 0.1) is 0 Å². The van der Waals surface area contributed by atoms with E-state index < -0.39 is 0 Å². The standard InChI is InChI=1S/C22H28N2O2/c1-3-5-7-21(25)19-13-15(23)9-11-17(19)18-12-10-16(24)14-20(18)22(26)8-6-4-2/h9-14H,3-8,23-24H2,1-2H3. The first-order valence-corrected chi connectivity index (χ1v) is 9.33. The lowest BCUT2D eigenvalue weighted by molar-refractivity contribution is 0.0970. The molecular formula is C22H28N2O2. The Morgan fingerprint density at radius 3 is 1.46 bits per heavy atom. The first kappa shape index (κ1) is 19.7. The van der Waals surface area contributed by atoms with Crippen molar-refractivity contribution >= 4 is 22.9 Å². The summed E-state index contributed by atoms with van der Waals surface area (Å²) in [6.07, 6.45) is 4.51. The van der Waals surface area contributed by atoms with Crippen LogP contribution in [-0.2, 0) is 0 Å². The van der Waals surface area contributed by atoms with E-state index in [0.717, 1.165) is 36.8 Å². The summed E-state index contributed by atoms with van der Waals surface area (Å²) >= 11 is 0. The number of nitrogens with two attached hydrogens (primary N) is 2. The second kappa shape index (κ2) is 9.18. The lowest BCUT2D eigenvalue weighted by Crippen LogP contribution is -2.07. The van der Waals surface area contributed by atoms with Crippen molar-refractivity contribution in [2.45, 2.75) is 52.4 Å². The molecule has 0 aliphatic carbocycles. The van der Waals surface area contributed by atoms with Crippen molar-refractivity contribution in [3.8, 4) is 11.1 Å². The summed E-state index contributed by atoms with van der Waals surface area (Å²) in [6, 6.07) is 10.6. The molecule has 0 spiro atoms. The molecule has 4 N–H and O–H groups in total. The minimum Gasteiger partial charge on any atom is -0.399 e. The average Bonchev–Trinajstić information content (AvgIpc) is 2.64. The van der Waals surface area contributed by atoms with Gasteiger partial charge in [0.25, 0.3) is 0 Å². The van der Waals surface area contributed by atoms with Gasteiger partial charge in [-0.3, -0.25) is 9.59 Å². The van der Waals surface area contributed by atoms with Crippen LogP contribution in [0.4, 0.5) is 11.4 Å². The molecule has 0 aromatic heterocycles. The predicted octanol–water partition coefficient (Wildman–Crippen LogP) is 5.26. The van der Waals surface area contributed by atoms with Crippen LogP contribution in [0.5, 0.6) is 0 Å². The number of hydrogen-bond donors (Lipinski definition) is 2. The molecule has 2 aromatic carbocycles. The van der Waals surface area contributed by atoms with Crippen LogP contribution in [0.2, 0.25) is 0 Å². The van der Waals surface area contributed by atoms with Gasteiger partial charge in [-0.2, -0.15) is 0 Å². The van der Waals surface area contributed by atoms with Gasteiger partial charge in [0.15, 0.2) is 11.6 Å². The zero-order chi connectivity index (χ0) is 19.1. The molecule has 4 nitrogen and oxygen atoms in total. The third-order valence-corrected chi connectivity index (χ3v) is 4.49. The van der Waals surface area contributed by atoms with Crippen molar-refractivity contribution in [3.63, 3.8) is 0 Å². The van der Waals surface area contributed by atoms with Crippen molar-refractivity contribution in [1.29, 1.82) is 0 Å². The topological polar surface area (TPSA) is 86.2 Å². The maximum Gasteiger partial charge on any atom is 0.163 e. The predicted molar refractivity (Wildman–Crippen MR) is 108 cm³/mol. The van der Waals surface area contributed by atoms with Gasteiger partial charge >= 0.3 is 0 Å². The van der Waals surface area contributed by atoms with E-state index in [9.17, 15) is 9.59 Å². The van der Waals surface area contributed by atoms with E-state index in [2.05, 4.69) is 13.8 Å². The molecule has 0 saturated carbocycles. The molecule has 0 bridgehead atoms. The number of unbranched alkanes of at least 4 members (excludes halogenated alkanes) is 2. The fraction of sp³-hybridized carbons (Fsp3) is 0.364. The Labute approximate surface area is 155 Å². The number of hydrogen-bond acceptors (Lipinski definition) is 4. The number of nitrogen functional groups attached to an aromatic ring is 2. The van der Waals surface area contributed by atoms with Gasteiger partial charge in [-0.1, -0.05) is 38.8 Å². The van der Waals surface area contributed by atoms with E-state index >= 15 is 0 Å². The highest BCUT2D eigenvalue weighted by atomic mass is 16.1. The Morgan fingerprint density at radius 2 is 1.12 bits per heavy atom. The van der Waals surface area contributed by atoms with Crippen molar-refractivity contribution in [1.82, 2.24) is 0 Å². The Bertz CT molecular complexity index is 729.